The molecule has 0 aliphatic rings. The second kappa shape index (κ2) is 3.08. The van der Waals surface area contributed by atoms with E-state index >= 15 is 0 Å². The Kier molecular flexibility index (Phi) is 2.37. The third-order valence-electron chi connectivity index (χ3n) is 0.985. The number of thiophene rings is 1. The average Bonchev–Trinajstić information content (AvgIpc) is 2.18. The molecule has 0 aliphatic carbocycles. The number of halogens is 1. The van der Waals surface area contributed by atoms with Crippen molar-refractivity contribution in [1.82, 2.24) is 0 Å². The van der Waals surface area contributed by atoms with E-state index in [0.29, 0.717) is 0 Å². The summed E-state index contributed by atoms with van der Waals surface area (Å²) in [5.74, 6) is 0. The Balaban J connectivity index is 2.69. The van der Waals surface area contributed by atoms with Crippen molar-refractivity contribution in [3.05, 3.63) is 15.8 Å². The van der Waals surface area contributed by atoms with E-state index in [-0.39, 0.29) is 0 Å². The fourth-order valence-corrected chi connectivity index (χ4v) is 1.48. The first kappa shape index (κ1) is 6.90. The maximum atomic E-state index is 5.77. The summed E-state index contributed by atoms with van der Waals surface area (Å²) in [6.07, 6.45) is 0. The van der Waals surface area contributed by atoms with Crippen molar-refractivity contribution in [1.29, 1.82) is 0 Å². The van der Waals surface area contributed by atoms with E-state index in [2.05, 4.69) is 5.32 Å². The molecule has 1 nitrogen and oxygen atoms in total. The minimum absolute atomic E-state index is 0.844. The second-order valence-corrected chi connectivity index (χ2v) is 3.16. The van der Waals surface area contributed by atoms with Crippen LogP contribution in [0.3, 0.4) is 0 Å². The minimum atomic E-state index is 0.844. The maximum Gasteiger partial charge on any atom is 0.116 e. The Morgan fingerprint density at radius 2 is 2.56 bits per heavy atom. The van der Waals surface area contributed by atoms with Crippen molar-refractivity contribution < 1.29 is 0 Å². The molecule has 1 heterocycles. The van der Waals surface area contributed by atoms with Crippen LogP contribution in [0, 0.1) is 0 Å². The van der Waals surface area contributed by atoms with Crippen LogP contribution in [0.25, 0.3) is 0 Å². The molecule has 50 valence electrons. The molecule has 1 aromatic heterocycles. The standard InChI is InChI=1S/C6H8ClNS/c1-2-8-5-3-4-9-6(5)7/h3-4,8H,2H2,1H3. The Morgan fingerprint density at radius 1 is 1.78 bits per heavy atom. The Morgan fingerprint density at radius 3 is 3.00 bits per heavy atom. The summed E-state index contributed by atoms with van der Waals surface area (Å²) in [6, 6.07) is 1.98. The highest BCUT2D eigenvalue weighted by Crippen LogP contribution is 2.27. The first-order valence-corrected chi connectivity index (χ1v) is 4.07. The molecule has 0 aliphatic heterocycles. The second-order valence-electron chi connectivity index (χ2n) is 1.64. The van der Waals surface area contributed by atoms with Crippen molar-refractivity contribution in [2.45, 2.75) is 6.92 Å². The number of hydrogen-bond acceptors (Lipinski definition) is 2. The van der Waals surface area contributed by atoms with Gasteiger partial charge in [-0.2, -0.15) is 0 Å². The van der Waals surface area contributed by atoms with Crippen LogP contribution >= 0.6 is 22.9 Å². The first-order valence-electron chi connectivity index (χ1n) is 2.81. The van der Waals surface area contributed by atoms with E-state index in [0.717, 1.165) is 16.6 Å². The molecule has 0 bridgehead atoms. The van der Waals surface area contributed by atoms with Gasteiger partial charge in [0.05, 0.1) is 5.69 Å². The fraction of sp³-hybridized carbons (Fsp3) is 0.333. The Labute approximate surface area is 63.7 Å². The summed E-state index contributed by atoms with van der Waals surface area (Å²) < 4.78 is 0.844. The number of hydrogen-bond donors (Lipinski definition) is 1. The van der Waals surface area contributed by atoms with Gasteiger partial charge in [-0.15, -0.1) is 11.3 Å². The smallest absolute Gasteiger partial charge is 0.116 e. The van der Waals surface area contributed by atoms with Gasteiger partial charge >= 0.3 is 0 Å². The van der Waals surface area contributed by atoms with Gasteiger partial charge < -0.3 is 5.32 Å². The zero-order valence-corrected chi connectivity index (χ0v) is 6.72. The largest absolute Gasteiger partial charge is 0.383 e. The van der Waals surface area contributed by atoms with Crippen molar-refractivity contribution in [2.24, 2.45) is 0 Å². The molecule has 0 saturated heterocycles. The fourth-order valence-electron chi connectivity index (χ4n) is 0.610. The summed E-state index contributed by atoms with van der Waals surface area (Å²) in [5.41, 5.74) is 1.05. The topological polar surface area (TPSA) is 12.0 Å². The summed E-state index contributed by atoms with van der Waals surface area (Å²) in [7, 11) is 0. The molecule has 0 atom stereocenters. The van der Waals surface area contributed by atoms with Crippen LogP contribution in [0.1, 0.15) is 6.92 Å². The lowest BCUT2D eigenvalue weighted by Crippen LogP contribution is -1.93. The van der Waals surface area contributed by atoms with Gasteiger partial charge in [-0.25, -0.2) is 0 Å². The SMILES string of the molecule is CCNc1ccsc1Cl. The molecule has 3 heteroatoms. The van der Waals surface area contributed by atoms with Crippen LogP contribution in [-0.2, 0) is 0 Å². The van der Waals surface area contributed by atoms with E-state index in [4.69, 9.17) is 11.6 Å². The predicted molar refractivity (Wildman–Crippen MR) is 43.5 cm³/mol. The van der Waals surface area contributed by atoms with Crippen LogP contribution in [-0.4, -0.2) is 6.54 Å². The lowest BCUT2D eigenvalue weighted by atomic mass is 10.5. The molecule has 0 unspecified atom stereocenters. The van der Waals surface area contributed by atoms with Gasteiger partial charge in [-0.3, -0.25) is 0 Å². The molecule has 0 amide bonds. The first-order chi connectivity index (χ1) is 4.34. The third-order valence-corrected chi connectivity index (χ3v) is 2.16. The van der Waals surface area contributed by atoms with Gasteiger partial charge in [0.2, 0.25) is 0 Å². The highest BCUT2D eigenvalue weighted by atomic mass is 35.5. The molecule has 9 heavy (non-hydrogen) atoms. The van der Waals surface area contributed by atoms with Gasteiger partial charge in [0.15, 0.2) is 0 Å². The zero-order valence-electron chi connectivity index (χ0n) is 5.15. The van der Waals surface area contributed by atoms with Crippen LogP contribution in [0.2, 0.25) is 4.34 Å². The van der Waals surface area contributed by atoms with Crippen LogP contribution in [0.5, 0.6) is 0 Å². The highest BCUT2D eigenvalue weighted by Gasteiger charge is 1.96. The Bertz CT molecular complexity index is 185. The van der Waals surface area contributed by atoms with E-state index < -0.39 is 0 Å². The number of anilines is 1. The van der Waals surface area contributed by atoms with E-state index in [1.165, 1.54) is 0 Å². The summed E-state index contributed by atoms with van der Waals surface area (Å²) in [6.45, 7) is 2.98. The molecule has 0 saturated carbocycles. The van der Waals surface area contributed by atoms with Crippen LogP contribution < -0.4 is 5.32 Å². The van der Waals surface area contributed by atoms with Gasteiger partial charge in [0, 0.05) is 6.54 Å². The van der Waals surface area contributed by atoms with E-state index in [1.54, 1.807) is 11.3 Å². The van der Waals surface area contributed by atoms with Gasteiger partial charge in [0.1, 0.15) is 4.34 Å². The van der Waals surface area contributed by atoms with Gasteiger partial charge in [0.25, 0.3) is 0 Å². The van der Waals surface area contributed by atoms with Gasteiger partial charge in [-0.1, -0.05) is 11.6 Å². The molecular formula is C6H8ClNS. The Hall–Kier alpha value is -0.210. The minimum Gasteiger partial charge on any atom is -0.383 e. The molecule has 0 radical (unpaired) electrons. The van der Waals surface area contributed by atoms with E-state index in [1.807, 2.05) is 18.4 Å². The molecule has 1 aromatic rings. The quantitative estimate of drug-likeness (QED) is 0.704. The van der Waals surface area contributed by atoms with Crippen molar-refractivity contribution in [3.8, 4) is 0 Å². The van der Waals surface area contributed by atoms with Crippen LogP contribution in [0.15, 0.2) is 11.4 Å². The van der Waals surface area contributed by atoms with E-state index in [9.17, 15) is 0 Å². The van der Waals surface area contributed by atoms with Crippen molar-refractivity contribution >= 4 is 28.6 Å². The van der Waals surface area contributed by atoms with Crippen molar-refractivity contribution in [3.63, 3.8) is 0 Å². The predicted octanol–water partition coefficient (Wildman–Crippen LogP) is 2.83. The normalized spacial score (nSPS) is 9.56. The lowest BCUT2D eigenvalue weighted by molar-refractivity contribution is 1.22. The zero-order chi connectivity index (χ0) is 6.69. The van der Waals surface area contributed by atoms with Gasteiger partial charge in [-0.05, 0) is 18.4 Å². The summed E-state index contributed by atoms with van der Waals surface area (Å²) in [4.78, 5) is 0. The molecule has 0 aromatic carbocycles. The third kappa shape index (κ3) is 1.60. The number of nitrogens with one attached hydrogen (secondary N) is 1. The lowest BCUT2D eigenvalue weighted by Gasteiger charge is -1.96. The molecule has 1 rings (SSSR count). The number of rotatable bonds is 2. The molecule has 0 fully saturated rings. The molecule has 0 spiro atoms. The van der Waals surface area contributed by atoms with Crippen LogP contribution in [0.4, 0.5) is 5.69 Å². The highest BCUT2D eigenvalue weighted by molar-refractivity contribution is 7.15. The molecular weight excluding hydrogens is 154 g/mol. The van der Waals surface area contributed by atoms with Crippen molar-refractivity contribution in [2.75, 3.05) is 11.9 Å². The maximum absolute atomic E-state index is 5.77. The monoisotopic (exact) mass is 161 g/mol. The summed E-state index contributed by atoms with van der Waals surface area (Å²) in [5, 5.41) is 5.11. The summed E-state index contributed by atoms with van der Waals surface area (Å²) >= 11 is 7.32. The average molecular weight is 162 g/mol. The molecule has 1 N–H and O–H groups in total.